The standard InChI is InChI=1S/C20H25N3O4/c1-12(2)17-21-22-19(27-17)20-9-7-14(20)8-10-23(20)18(24)13-5-6-15(25-3)16(11-13)26-4/h5-6,11-12,14H,7-10H2,1-4H3/t14-,20-/m0/s1. The molecule has 2 heterocycles. The Kier molecular flexibility index (Phi) is 4.32. The van der Waals surface area contributed by atoms with Gasteiger partial charge in [-0.25, -0.2) is 0 Å². The Bertz CT molecular complexity index is 863. The number of aromatic nitrogens is 2. The highest BCUT2D eigenvalue weighted by Gasteiger charge is 2.61. The minimum atomic E-state index is -0.468. The molecule has 144 valence electrons. The largest absolute Gasteiger partial charge is 0.493 e. The van der Waals surface area contributed by atoms with E-state index in [2.05, 4.69) is 10.2 Å². The first-order chi connectivity index (χ1) is 13.0. The average Bonchev–Trinajstić information content (AvgIpc) is 3.24. The first-order valence-electron chi connectivity index (χ1n) is 9.39. The van der Waals surface area contributed by atoms with Crippen molar-refractivity contribution in [1.29, 1.82) is 0 Å². The number of carbonyl (C=O) groups is 1. The normalized spacial score (nSPS) is 23.9. The van der Waals surface area contributed by atoms with Crippen LogP contribution in [-0.2, 0) is 5.54 Å². The van der Waals surface area contributed by atoms with Crippen LogP contribution in [0.15, 0.2) is 22.6 Å². The van der Waals surface area contributed by atoms with Gasteiger partial charge in [0.2, 0.25) is 11.8 Å². The molecular formula is C20H25N3O4. The van der Waals surface area contributed by atoms with E-state index in [1.807, 2.05) is 18.7 Å². The third-order valence-corrected chi connectivity index (χ3v) is 5.91. The van der Waals surface area contributed by atoms with Crippen LogP contribution in [0.4, 0.5) is 0 Å². The maximum Gasteiger partial charge on any atom is 0.254 e. The molecule has 27 heavy (non-hydrogen) atoms. The number of rotatable bonds is 5. The molecule has 2 aromatic rings. The van der Waals surface area contributed by atoms with Crippen LogP contribution in [-0.4, -0.2) is 41.8 Å². The topological polar surface area (TPSA) is 77.7 Å². The minimum Gasteiger partial charge on any atom is -0.493 e. The molecule has 1 saturated carbocycles. The SMILES string of the molecule is COc1ccc(C(=O)N2CC[C@@H]3CC[C@@]32c2nnc(C(C)C)o2)cc1OC. The second kappa shape index (κ2) is 6.55. The molecule has 1 amide bonds. The minimum absolute atomic E-state index is 0.0394. The van der Waals surface area contributed by atoms with Crippen molar-refractivity contribution in [2.24, 2.45) is 5.92 Å². The number of benzene rings is 1. The van der Waals surface area contributed by atoms with Crippen molar-refractivity contribution in [3.8, 4) is 11.5 Å². The van der Waals surface area contributed by atoms with Crippen LogP contribution >= 0.6 is 0 Å². The van der Waals surface area contributed by atoms with E-state index in [-0.39, 0.29) is 11.8 Å². The molecule has 1 saturated heterocycles. The fraction of sp³-hybridized carbons (Fsp3) is 0.550. The Balaban J connectivity index is 1.69. The van der Waals surface area contributed by atoms with Crippen molar-refractivity contribution in [3.63, 3.8) is 0 Å². The van der Waals surface area contributed by atoms with Crippen molar-refractivity contribution >= 4 is 5.91 Å². The molecule has 7 nitrogen and oxygen atoms in total. The summed E-state index contributed by atoms with van der Waals surface area (Å²) in [6, 6.07) is 5.27. The van der Waals surface area contributed by atoms with Crippen molar-refractivity contribution in [2.45, 2.75) is 44.6 Å². The van der Waals surface area contributed by atoms with E-state index in [0.717, 1.165) is 19.3 Å². The molecule has 1 aromatic carbocycles. The van der Waals surface area contributed by atoms with E-state index in [4.69, 9.17) is 13.9 Å². The van der Waals surface area contributed by atoms with Crippen molar-refractivity contribution < 1.29 is 18.7 Å². The van der Waals surface area contributed by atoms with Crippen molar-refractivity contribution in [3.05, 3.63) is 35.5 Å². The smallest absolute Gasteiger partial charge is 0.254 e. The summed E-state index contributed by atoms with van der Waals surface area (Å²) in [5.74, 6) is 2.85. The Morgan fingerprint density at radius 2 is 2.00 bits per heavy atom. The molecule has 1 aliphatic carbocycles. The van der Waals surface area contributed by atoms with Crippen LogP contribution in [0.2, 0.25) is 0 Å². The van der Waals surface area contributed by atoms with E-state index in [1.165, 1.54) is 0 Å². The zero-order valence-electron chi connectivity index (χ0n) is 16.2. The van der Waals surface area contributed by atoms with Crippen molar-refractivity contribution in [2.75, 3.05) is 20.8 Å². The molecule has 0 radical (unpaired) electrons. The molecule has 2 aliphatic rings. The Labute approximate surface area is 158 Å². The van der Waals surface area contributed by atoms with Crippen LogP contribution in [0.3, 0.4) is 0 Å². The number of amides is 1. The summed E-state index contributed by atoms with van der Waals surface area (Å²) >= 11 is 0. The fourth-order valence-electron chi connectivity index (χ4n) is 4.29. The second-order valence-corrected chi connectivity index (χ2v) is 7.58. The monoisotopic (exact) mass is 371 g/mol. The molecule has 1 aliphatic heterocycles. The van der Waals surface area contributed by atoms with Gasteiger partial charge >= 0.3 is 0 Å². The van der Waals surface area contributed by atoms with Crippen LogP contribution in [0.25, 0.3) is 0 Å². The third kappa shape index (κ3) is 2.59. The lowest BCUT2D eigenvalue weighted by atomic mass is 9.67. The number of nitrogens with zero attached hydrogens (tertiary/aromatic N) is 3. The zero-order chi connectivity index (χ0) is 19.2. The van der Waals surface area contributed by atoms with Gasteiger partial charge in [-0.2, -0.15) is 0 Å². The number of ether oxygens (including phenoxy) is 2. The van der Waals surface area contributed by atoms with Gasteiger partial charge in [0.25, 0.3) is 5.91 Å². The van der Waals surface area contributed by atoms with Crippen LogP contribution in [0, 0.1) is 5.92 Å². The Hall–Kier alpha value is -2.57. The molecule has 0 N–H and O–H groups in total. The van der Waals surface area contributed by atoms with Gasteiger partial charge in [0, 0.05) is 18.0 Å². The summed E-state index contributed by atoms with van der Waals surface area (Å²) in [6.45, 7) is 4.74. The molecule has 4 rings (SSSR count). The summed E-state index contributed by atoms with van der Waals surface area (Å²) < 4.78 is 16.6. The molecule has 2 atom stereocenters. The van der Waals surface area contributed by atoms with Crippen LogP contribution in [0.5, 0.6) is 11.5 Å². The summed E-state index contributed by atoms with van der Waals surface area (Å²) in [5, 5.41) is 8.52. The highest BCUT2D eigenvalue weighted by Crippen LogP contribution is 2.57. The quantitative estimate of drug-likeness (QED) is 0.802. The number of likely N-dealkylation sites (tertiary alicyclic amines) is 1. The molecule has 0 unspecified atom stereocenters. The lowest BCUT2D eigenvalue weighted by molar-refractivity contribution is -0.00374. The average molecular weight is 371 g/mol. The highest BCUT2D eigenvalue weighted by molar-refractivity contribution is 5.95. The Morgan fingerprint density at radius 3 is 2.59 bits per heavy atom. The van der Waals surface area contributed by atoms with Gasteiger partial charge in [-0.05, 0) is 43.4 Å². The van der Waals surface area contributed by atoms with Crippen LogP contribution in [0.1, 0.15) is 61.2 Å². The van der Waals surface area contributed by atoms with E-state index < -0.39 is 5.54 Å². The van der Waals surface area contributed by atoms with E-state index in [9.17, 15) is 4.79 Å². The lowest BCUT2D eigenvalue weighted by Crippen LogP contribution is -2.54. The van der Waals surface area contributed by atoms with Gasteiger partial charge < -0.3 is 18.8 Å². The van der Waals surface area contributed by atoms with Crippen LogP contribution < -0.4 is 9.47 Å². The molecular weight excluding hydrogens is 346 g/mol. The van der Waals surface area contributed by atoms with Gasteiger partial charge in [-0.15, -0.1) is 10.2 Å². The summed E-state index contributed by atoms with van der Waals surface area (Å²) in [4.78, 5) is 15.3. The predicted octanol–water partition coefficient (Wildman–Crippen LogP) is 3.36. The first-order valence-corrected chi connectivity index (χ1v) is 9.39. The maximum absolute atomic E-state index is 13.4. The van der Waals surface area contributed by atoms with Gasteiger partial charge in [0.1, 0.15) is 5.54 Å². The van der Waals surface area contributed by atoms with E-state index >= 15 is 0 Å². The summed E-state index contributed by atoms with van der Waals surface area (Å²) in [7, 11) is 3.15. The number of fused-ring (bicyclic) bond motifs is 1. The van der Waals surface area contributed by atoms with Crippen molar-refractivity contribution in [1.82, 2.24) is 15.1 Å². The zero-order valence-corrected chi connectivity index (χ0v) is 16.2. The van der Waals surface area contributed by atoms with Gasteiger partial charge in [0.15, 0.2) is 11.5 Å². The third-order valence-electron chi connectivity index (χ3n) is 5.91. The van der Waals surface area contributed by atoms with Gasteiger partial charge in [-0.1, -0.05) is 13.8 Å². The molecule has 2 fully saturated rings. The first kappa shape index (κ1) is 17.8. The lowest BCUT2D eigenvalue weighted by Gasteiger charge is -2.47. The molecule has 0 bridgehead atoms. The maximum atomic E-state index is 13.4. The fourth-order valence-corrected chi connectivity index (χ4v) is 4.29. The number of carbonyl (C=O) groups excluding carboxylic acids is 1. The molecule has 1 aromatic heterocycles. The number of hydrogen-bond donors (Lipinski definition) is 0. The predicted molar refractivity (Wildman–Crippen MR) is 98.0 cm³/mol. The van der Waals surface area contributed by atoms with E-state index in [0.29, 0.717) is 41.3 Å². The highest BCUT2D eigenvalue weighted by atomic mass is 16.5. The number of methoxy groups -OCH3 is 2. The van der Waals surface area contributed by atoms with Gasteiger partial charge in [-0.3, -0.25) is 4.79 Å². The van der Waals surface area contributed by atoms with E-state index in [1.54, 1.807) is 32.4 Å². The summed E-state index contributed by atoms with van der Waals surface area (Å²) in [6.07, 6.45) is 2.89. The Morgan fingerprint density at radius 1 is 1.22 bits per heavy atom. The number of hydrogen-bond acceptors (Lipinski definition) is 6. The second-order valence-electron chi connectivity index (χ2n) is 7.58. The summed E-state index contributed by atoms with van der Waals surface area (Å²) in [5.41, 5.74) is 0.105. The molecule has 7 heteroatoms. The molecule has 0 spiro atoms. The van der Waals surface area contributed by atoms with Gasteiger partial charge in [0.05, 0.1) is 14.2 Å².